The number of nitrogens with two attached hydrogens (primary N) is 1. The van der Waals surface area contributed by atoms with Gasteiger partial charge in [-0.05, 0) is 24.3 Å². The molecule has 0 aliphatic carbocycles. The third kappa shape index (κ3) is 3.08. The number of anilines is 1. The van der Waals surface area contributed by atoms with Crippen LogP contribution in [0.4, 0.5) is 14.5 Å². The maximum Gasteiger partial charge on any atom is 0.182 e. The number of nitrogen functional groups attached to an aromatic ring is 1. The van der Waals surface area contributed by atoms with Gasteiger partial charge in [0.05, 0.1) is 21.4 Å². The fraction of sp³-hybridized carbons (Fsp3) is 0.0769. The van der Waals surface area contributed by atoms with E-state index in [2.05, 4.69) is 0 Å². The van der Waals surface area contributed by atoms with Gasteiger partial charge in [-0.3, -0.25) is 0 Å². The van der Waals surface area contributed by atoms with Crippen LogP contribution >= 0.6 is 11.6 Å². The Balaban J connectivity index is 2.38. The summed E-state index contributed by atoms with van der Waals surface area (Å²) in [5.74, 6) is -2.26. The van der Waals surface area contributed by atoms with Crippen LogP contribution in [0.1, 0.15) is 5.56 Å². The molecule has 2 aromatic rings. The summed E-state index contributed by atoms with van der Waals surface area (Å²) in [6, 6.07) is 6.59. The van der Waals surface area contributed by atoms with Crippen LogP contribution in [0.3, 0.4) is 0 Å². The third-order valence-electron chi connectivity index (χ3n) is 2.69. The standard InChI is InChI=1S/C13H10ClF2NO2S/c14-11-6-10(3-4-13(11)17)20(18,19)7-8-1-2-9(15)5-12(8)16/h1-6H,7,17H2. The van der Waals surface area contributed by atoms with Crippen LogP contribution < -0.4 is 5.73 Å². The van der Waals surface area contributed by atoms with Crippen molar-refractivity contribution in [2.24, 2.45) is 0 Å². The first-order valence-corrected chi connectivity index (χ1v) is 7.54. The fourth-order valence-corrected chi connectivity index (χ4v) is 3.26. The molecule has 0 saturated carbocycles. The molecule has 2 aromatic carbocycles. The number of hydrogen-bond acceptors (Lipinski definition) is 3. The third-order valence-corrected chi connectivity index (χ3v) is 4.68. The average Bonchev–Trinajstić information content (AvgIpc) is 2.36. The molecule has 0 aromatic heterocycles. The van der Waals surface area contributed by atoms with E-state index in [4.69, 9.17) is 17.3 Å². The van der Waals surface area contributed by atoms with Crippen molar-refractivity contribution in [1.29, 1.82) is 0 Å². The van der Waals surface area contributed by atoms with Gasteiger partial charge in [0.1, 0.15) is 11.6 Å². The Hall–Kier alpha value is -1.66. The zero-order valence-electron chi connectivity index (χ0n) is 10.1. The maximum absolute atomic E-state index is 13.5. The molecular weight excluding hydrogens is 308 g/mol. The van der Waals surface area contributed by atoms with E-state index < -0.39 is 27.2 Å². The first-order chi connectivity index (χ1) is 9.29. The van der Waals surface area contributed by atoms with E-state index in [1.165, 1.54) is 18.2 Å². The molecule has 106 valence electrons. The van der Waals surface area contributed by atoms with Crippen LogP contribution in [-0.2, 0) is 15.6 Å². The summed E-state index contributed by atoms with van der Waals surface area (Å²) in [5.41, 5.74) is 5.63. The summed E-state index contributed by atoms with van der Waals surface area (Å²) in [7, 11) is -3.79. The van der Waals surface area contributed by atoms with Gasteiger partial charge in [-0.15, -0.1) is 0 Å². The summed E-state index contributed by atoms with van der Waals surface area (Å²) < 4.78 is 50.6. The highest BCUT2D eigenvalue weighted by atomic mass is 35.5. The molecule has 0 amide bonds. The maximum atomic E-state index is 13.5. The number of halogens is 3. The predicted molar refractivity (Wildman–Crippen MR) is 73.1 cm³/mol. The lowest BCUT2D eigenvalue weighted by atomic mass is 10.2. The molecule has 0 atom stereocenters. The summed E-state index contributed by atoms with van der Waals surface area (Å²) in [4.78, 5) is -0.0691. The zero-order valence-corrected chi connectivity index (χ0v) is 11.7. The quantitative estimate of drug-likeness (QED) is 0.884. The number of sulfone groups is 1. The Kier molecular flexibility index (Phi) is 3.96. The van der Waals surface area contributed by atoms with E-state index in [9.17, 15) is 17.2 Å². The Labute approximate surface area is 119 Å². The second-order valence-corrected chi connectivity index (χ2v) is 6.57. The topological polar surface area (TPSA) is 60.2 Å². The van der Waals surface area contributed by atoms with Gasteiger partial charge >= 0.3 is 0 Å². The second kappa shape index (κ2) is 5.38. The summed E-state index contributed by atoms with van der Waals surface area (Å²) in [6.45, 7) is 0. The highest BCUT2D eigenvalue weighted by molar-refractivity contribution is 7.90. The van der Waals surface area contributed by atoms with Crippen molar-refractivity contribution in [2.75, 3.05) is 5.73 Å². The Morgan fingerprint density at radius 2 is 1.80 bits per heavy atom. The van der Waals surface area contributed by atoms with Crippen molar-refractivity contribution in [1.82, 2.24) is 0 Å². The van der Waals surface area contributed by atoms with E-state index in [1.54, 1.807) is 0 Å². The molecule has 2 N–H and O–H groups in total. The van der Waals surface area contributed by atoms with Crippen LogP contribution in [-0.4, -0.2) is 8.42 Å². The minimum Gasteiger partial charge on any atom is -0.398 e. The van der Waals surface area contributed by atoms with Gasteiger partial charge in [0.25, 0.3) is 0 Å². The molecule has 0 spiro atoms. The molecule has 0 radical (unpaired) electrons. The van der Waals surface area contributed by atoms with E-state index in [-0.39, 0.29) is 21.2 Å². The van der Waals surface area contributed by atoms with E-state index in [1.807, 2.05) is 0 Å². The lowest BCUT2D eigenvalue weighted by Gasteiger charge is -2.07. The van der Waals surface area contributed by atoms with Crippen molar-refractivity contribution < 1.29 is 17.2 Å². The van der Waals surface area contributed by atoms with Crippen LogP contribution in [0.2, 0.25) is 5.02 Å². The molecule has 0 aliphatic rings. The summed E-state index contributed by atoms with van der Waals surface area (Å²) >= 11 is 5.76. The van der Waals surface area contributed by atoms with E-state index in [0.29, 0.717) is 6.07 Å². The Bertz CT molecular complexity index is 763. The SMILES string of the molecule is Nc1ccc(S(=O)(=O)Cc2ccc(F)cc2F)cc1Cl. The van der Waals surface area contributed by atoms with Crippen LogP contribution in [0, 0.1) is 11.6 Å². The second-order valence-electron chi connectivity index (χ2n) is 4.18. The summed E-state index contributed by atoms with van der Waals surface area (Å²) in [6.07, 6.45) is 0. The highest BCUT2D eigenvalue weighted by Crippen LogP contribution is 2.25. The first kappa shape index (κ1) is 14.7. The molecule has 3 nitrogen and oxygen atoms in total. The van der Waals surface area contributed by atoms with Gasteiger partial charge in [-0.1, -0.05) is 17.7 Å². The Morgan fingerprint density at radius 1 is 1.10 bits per heavy atom. The molecule has 20 heavy (non-hydrogen) atoms. The van der Waals surface area contributed by atoms with E-state index in [0.717, 1.165) is 12.1 Å². The van der Waals surface area contributed by atoms with Crippen molar-refractivity contribution in [2.45, 2.75) is 10.6 Å². The van der Waals surface area contributed by atoms with Crippen molar-refractivity contribution in [3.8, 4) is 0 Å². The normalized spacial score (nSPS) is 11.6. The van der Waals surface area contributed by atoms with Crippen molar-refractivity contribution >= 4 is 27.1 Å². The molecule has 7 heteroatoms. The van der Waals surface area contributed by atoms with Crippen molar-refractivity contribution in [3.63, 3.8) is 0 Å². The Morgan fingerprint density at radius 3 is 2.40 bits per heavy atom. The lowest BCUT2D eigenvalue weighted by molar-refractivity contribution is 0.569. The van der Waals surface area contributed by atoms with Crippen LogP contribution in [0.5, 0.6) is 0 Å². The van der Waals surface area contributed by atoms with Gasteiger partial charge in [0.15, 0.2) is 9.84 Å². The van der Waals surface area contributed by atoms with Gasteiger partial charge in [0.2, 0.25) is 0 Å². The van der Waals surface area contributed by atoms with Gasteiger partial charge in [-0.25, -0.2) is 17.2 Å². The molecule has 0 bridgehead atoms. The molecule has 0 unspecified atom stereocenters. The van der Waals surface area contributed by atoms with Crippen LogP contribution in [0.15, 0.2) is 41.3 Å². The lowest BCUT2D eigenvalue weighted by Crippen LogP contribution is -2.07. The van der Waals surface area contributed by atoms with Gasteiger partial charge < -0.3 is 5.73 Å². The number of benzene rings is 2. The number of rotatable bonds is 3. The van der Waals surface area contributed by atoms with Gasteiger partial charge in [-0.2, -0.15) is 0 Å². The molecule has 0 heterocycles. The summed E-state index contributed by atoms with van der Waals surface area (Å²) in [5, 5.41) is 0.102. The fourth-order valence-electron chi connectivity index (χ4n) is 1.63. The molecule has 0 fully saturated rings. The molecule has 0 saturated heterocycles. The smallest absolute Gasteiger partial charge is 0.182 e. The largest absolute Gasteiger partial charge is 0.398 e. The molecule has 2 rings (SSSR count). The zero-order chi connectivity index (χ0) is 14.9. The predicted octanol–water partition coefficient (Wildman–Crippen LogP) is 3.17. The van der Waals surface area contributed by atoms with Crippen molar-refractivity contribution in [3.05, 3.63) is 58.6 Å². The molecular formula is C13H10ClF2NO2S. The molecule has 0 aliphatic heterocycles. The highest BCUT2D eigenvalue weighted by Gasteiger charge is 2.19. The van der Waals surface area contributed by atoms with Crippen LogP contribution in [0.25, 0.3) is 0 Å². The average molecular weight is 318 g/mol. The minimum atomic E-state index is -3.79. The monoisotopic (exact) mass is 317 g/mol. The van der Waals surface area contributed by atoms with E-state index >= 15 is 0 Å². The minimum absolute atomic E-state index is 0.0691. The van der Waals surface area contributed by atoms with Gasteiger partial charge in [0, 0.05) is 11.6 Å². The number of hydrogen-bond donors (Lipinski definition) is 1. The first-order valence-electron chi connectivity index (χ1n) is 5.51.